The van der Waals surface area contributed by atoms with E-state index in [2.05, 4.69) is 12.2 Å². The molecule has 3 aliphatic rings. The number of carbonyl (C=O) groups is 2. The fourth-order valence-electron chi connectivity index (χ4n) is 5.07. The first-order valence-electron chi connectivity index (χ1n) is 10.3. The lowest BCUT2D eigenvalue weighted by atomic mass is 10.00. The molecule has 5 heteroatoms. The molecule has 0 aromatic heterocycles. The third kappa shape index (κ3) is 3.11. The molecule has 0 aliphatic carbocycles. The van der Waals surface area contributed by atoms with E-state index < -0.39 is 0 Å². The fraction of sp³-hybridized carbons (Fsp3) is 0.333. The Kier molecular flexibility index (Phi) is 4.38. The molecule has 0 N–H and O–H groups in total. The van der Waals surface area contributed by atoms with E-state index in [0.717, 1.165) is 48.2 Å². The highest BCUT2D eigenvalue weighted by Gasteiger charge is 2.46. The molecule has 0 radical (unpaired) electrons. The van der Waals surface area contributed by atoms with Gasteiger partial charge in [-0.3, -0.25) is 9.69 Å². The molecule has 2 aromatic carbocycles. The van der Waals surface area contributed by atoms with Crippen molar-refractivity contribution in [1.29, 1.82) is 0 Å². The van der Waals surface area contributed by atoms with Crippen LogP contribution in [-0.4, -0.2) is 35.1 Å². The molecule has 2 fully saturated rings. The van der Waals surface area contributed by atoms with Gasteiger partial charge in [0.15, 0.2) is 0 Å². The molecule has 2 aromatic rings. The van der Waals surface area contributed by atoms with Crippen molar-refractivity contribution in [3.63, 3.8) is 0 Å². The van der Waals surface area contributed by atoms with E-state index in [1.165, 1.54) is 6.92 Å². The summed E-state index contributed by atoms with van der Waals surface area (Å²) in [6.45, 7) is 1.46. The first-order chi connectivity index (χ1) is 14.1. The molecule has 5 rings (SSSR count). The van der Waals surface area contributed by atoms with Gasteiger partial charge in [-0.05, 0) is 36.1 Å². The van der Waals surface area contributed by atoms with Gasteiger partial charge in [0.1, 0.15) is 6.10 Å². The van der Waals surface area contributed by atoms with Crippen LogP contribution in [0.3, 0.4) is 0 Å². The van der Waals surface area contributed by atoms with E-state index >= 15 is 0 Å². The number of piperidine rings is 1. The smallest absolute Gasteiger partial charge is 0.329 e. The van der Waals surface area contributed by atoms with E-state index in [-0.39, 0.29) is 30.2 Å². The van der Waals surface area contributed by atoms with Gasteiger partial charge >= 0.3 is 12.0 Å². The maximum absolute atomic E-state index is 13.9. The van der Waals surface area contributed by atoms with Gasteiger partial charge < -0.3 is 9.64 Å². The second kappa shape index (κ2) is 7.07. The summed E-state index contributed by atoms with van der Waals surface area (Å²) in [5.41, 5.74) is 3.86. The molecule has 5 nitrogen and oxygen atoms in total. The normalized spacial score (nSPS) is 24.5. The minimum absolute atomic E-state index is 0.0161. The number of urea groups is 1. The van der Waals surface area contributed by atoms with Crippen LogP contribution in [0.25, 0.3) is 12.2 Å². The second-order valence-corrected chi connectivity index (χ2v) is 8.06. The molecule has 2 amide bonds. The molecule has 148 valence electrons. The Balaban J connectivity index is 1.52. The van der Waals surface area contributed by atoms with Gasteiger partial charge in [0, 0.05) is 31.8 Å². The van der Waals surface area contributed by atoms with E-state index in [0.29, 0.717) is 0 Å². The van der Waals surface area contributed by atoms with Crippen molar-refractivity contribution in [2.75, 3.05) is 4.90 Å². The van der Waals surface area contributed by atoms with Crippen molar-refractivity contribution in [2.24, 2.45) is 0 Å². The molecule has 3 atom stereocenters. The van der Waals surface area contributed by atoms with Gasteiger partial charge in [0.25, 0.3) is 0 Å². The number of anilines is 2. The third-order valence-corrected chi connectivity index (χ3v) is 6.23. The maximum Gasteiger partial charge on any atom is 0.329 e. The van der Waals surface area contributed by atoms with Gasteiger partial charge in [0.05, 0.1) is 11.4 Å². The zero-order valence-corrected chi connectivity index (χ0v) is 16.5. The number of ether oxygens (including phenoxy) is 1. The molecule has 0 saturated carbocycles. The number of fused-ring (bicyclic) bond motifs is 4. The van der Waals surface area contributed by atoms with Gasteiger partial charge in [0.2, 0.25) is 0 Å². The number of carbonyl (C=O) groups excluding carboxylic acids is 2. The largest absolute Gasteiger partial charge is 0.462 e. The second-order valence-electron chi connectivity index (χ2n) is 8.06. The van der Waals surface area contributed by atoms with Crippen LogP contribution in [0, 0.1) is 0 Å². The first kappa shape index (κ1) is 18.0. The molecule has 2 bridgehead atoms. The standard InChI is InChI=1S/C24H24N2O3/c1-16(27)29-21-14-19-12-13-20(15-21)25(19)24(28)26-22-8-4-2-6-17(22)10-11-18-7-3-5-9-23(18)26/h2-11,19-21H,12-15H2,1H3/t19-,20+,21?. The summed E-state index contributed by atoms with van der Waals surface area (Å²) in [5, 5.41) is 0. The van der Waals surface area contributed by atoms with Crippen LogP contribution in [0.1, 0.15) is 43.7 Å². The number of rotatable bonds is 1. The van der Waals surface area contributed by atoms with E-state index in [1.54, 1.807) is 0 Å². The van der Waals surface area contributed by atoms with Crippen LogP contribution in [-0.2, 0) is 9.53 Å². The molecule has 3 aliphatic heterocycles. The van der Waals surface area contributed by atoms with Gasteiger partial charge in [-0.1, -0.05) is 48.6 Å². The number of hydrogen-bond acceptors (Lipinski definition) is 3. The van der Waals surface area contributed by atoms with E-state index in [1.807, 2.05) is 58.3 Å². The van der Waals surface area contributed by atoms with E-state index in [4.69, 9.17) is 4.74 Å². The average molecular weight is 388 g/mol. The van der Waals surface area contributed by atoms with Crippen LogP contribution in [0.4, 0.5) is 16.2 Å². The fourth-order valence-corrected chi connectivity index (χ4v) is 5.07. The summed E-state index contributed by atoms with van der Waals surface area (Å²) >= 11 is 0. The van der Waals surface area contributed by atoms with Gasteiger partial charge in [-0.25, -0.2) is 4.79 Å². The number of nitrogens with zero attached hydrogens (tertiary/aromatic N) is 2. The lowest BCUT2D eigenvalue weighted by molar-refractivity contribution is -0.149. The Bertz CT molecular complexity index is 936. The highest BCUT2D eigenvalue weighted by atomic mass is 16.5. The average Bonchev–Trinajstić information content (AvgIpc) is 2.88. The SMILES string of the molecule is CC(=O)OC1C[C@H]2CC[C@@H](C1)N2C(=O)N1c2ccccc2C=Cc2ccccc21. The number of benzene rings is 2. The zero-order chi connectivity index (χ0) is 20.0. The Morgan fingerprint density at radius 1 is 0.862 bits per heavy atom. The monoisotopic (exact) mass is 388 g/mol. The van der Waals surface area contributed by atoms with Crippen molar-refractivity contribution in [2.45, 2.75) is 50.8 Å². The summed E-state index contributed by atoms with van der Waals surface area (Å²) in [6.07, 6.45) is 7.42. The predicted octanol–water partition coefficient (Wildman–Crippen LogP) is 4.99. The van der Waals surface area contributed by atoms with Crippen LogP contribution in [0.15, 0.2) is 48.5 Å². The third-order valence-electron chi connectivity index (χ3n) is 6.23. The van der Waals surface area contributed by atoms with Crippen LogP contribution < -0.4 is 4.90 Å². The van der Waals surface area contributed by atoms with Crippen LogP contribution in [0.2, 0.25) is 0 Å². The molecule has 3 heterocycles. The Hall–Kier alpha value is -3.08. The van der Waals surface area contributed by atoms with Crippen LogP contribution in [0.5, 0.6) is 0 Å². The van der Waals surface area contributed by atoms with Crippen molar-refractivity contribution >= 4 is 35.5 Å². The van der Waals surface area contributed by atoms with Crippen molar-refractivity contribution in [3.05, 3.63) is 59.7 Å². The minimum atomic E-state index is -0.240. The quantitative estimate of drug-likeness (QED) is 0.647. The Morgan fingerprint density at radius 3 is 1.90 bits per heavy atom. The lowest BCUT2D eigenvalue weighted by Crippen LogP contribution is -2.53. The van der Waals surface area contributed by atoms with Crippen LogP contribution >= 0.6 is 0 Å². The Labute approximate surface area is 170 Å². The number of hydrogen-bond donors (Lipinski definition) is 0. The predicted molar refractivity (Wildman–Crippen MR) is 113 cm³/mol. The van der Waals surface area contributed by atoms with Crippen molar-refractivity contribution < 1.29 is 14.3 Å². The van der Waals surface area contributed by atoms with Crippen molar-refractivity contribution in [1.82, 2.24) is 4.90 Å². The molecular formula is C24H24N2O3. The van der Waals surface area contributed by atoms with Crippen molar-refractivity contribution in [3.8, 4) is 0 Å². The highest BCUT2D eigenvalue weighted by Crippen LogP contribution is 2.42. The number of esters is 1. The molecule has 0 spiro atoms. The molecule has 2 saturated heterocycles. The summed E-state index contributed by atoms with van der Waals surface area (Å²) in [4.78, 5) is 29.2. The topological polar surface area (TPSA) is 49.9 Å². The number of amides is 2. The summed E-state index contributed by atoms with van der Waals surface area (Å²) in [7, 11) is 0. The maximum atomic E-state index is 13.9. The first-order valence-corrected chi connectivity index (χ1v) is 10.3. The summed E-state index contributed by atoms with van der Waals surface area (Å²) < 4.78 is 5.48. The highest BCUT2D eigenvalue weighted by molar-refractivity contribution is 6.05. The summed E-state index contributed by atoms with van der Waals surface area (Å²) in [6, 6.07) is 16.3. The molecule has 29 heavy (non-hydrogen) atoms. The Morgan fingerprint density at radius 2 is 1.38 bits per heavy atom. The summed E-state index contributed by atoms with van der Waals surface area (Å²) in [5.74, 6) is -0.240. The number of para-hydroxylation sites is 2. The zero-order valence-electron chi connectivity index (χ0n) is 16.5. The molecule has 1 unspecified atom stereocenters. The van der Waals surface area contributed by atoms with E-state index in [9.17, 15) is 9.59 Å². The molecular weight excluding hydrogens is 364 g/mol. The lowest BCUT2D eigenvalue weighted by Gasteiger charge is -2.41. The van der Waals surface area contributed by atoms with Gasteiger partial charge in [-0.2, -0.15) is 0 Å². The van der Waals surface area contributed by atoms with Gasteiger partial charge in [-0.15, -0.1) is 0 Å². The minimum Gasteiger partial charge on any atom is -0.462 e.